The highest BCUT2D eigenvalue weighted by atomic mass is 16.5. The van der Waals surface area contributed by atoms with Crippen molar-refractivity contribution in [3.8, 4) is 5.75 Å². The number of H-pyrrole nitrogens is 1. The first-order valence-electron chi connectivity index (χ1n) is 11.8. The minimum absolute atomic E-state index is 0.0763. The number of hydrogen-bond donors (Lipinski definition) is 2. The summed E-state index contributed by atoms with van der Waals surface area (Å²) >= 11 is 0. The number of aliphatic hydroxyl groups excluding tert-OH is 1. The number of aliphatic hydroxyl groups is 1. The maximum absolute atomic E-state index is 13.2. The van der Waals surface area contributed by atoms with Gasteiger partial charge in [-0.1, -0.05) is 29.8 Å². The number of carbonyl (C=O) groups is 2. The number of amides is 1. The predicted molar refractivity (Wildman–Crippen MR) is 138 cm³/mol. The number of aromatic nitrogens is 2. The molecule has 2 aromatic heterocycles. The lowest BCUT2D eigenvalue weighted by Gasteiger charge is -2.25. The lowest BCUT2D eigenvalue weighted by Crippen LogP contribution is -2.31. The molecule has 1 aliphatic rings. The van der Waals surface area contributed by atoms with Crippen LogP contribution >= 0.6 is 0 Å². The Hall–Kier alpha value is -5.01. The van der Waals surface area contributed by atoms with Gasteiger partial charge < -0.3 is 19.7 Å². The van der Waals surface area contributed by atoms with Crippen LogP contribution in [0.1, 0.15) is 28.3 Å². The minimum Gasteiger partial charge on any atom is -0.507 e. The molecule has 2 aromatic carbocycles. The Bertz CT molecular complexity index is 1530. The van der Waals surface area contributed by atoms with Gasteiger partial charge in [-0.25, -0.2) is 0 Å². The first-order valence-corrected chi connectivity index (χ1v) is 11.8. The van der Waals surface area contributed by atoms with Crippen LogP contribution in [0, 0.1) is 6.92 Å². The Morgan fingerprint density at radius 2 is 1.87 bits per heavy atom. The number of ketones is 1. The van der Waals surface area contributed by atoms with E-state index in [4.69, 9.17) is 14.3 Å². The third-order valence-electron chi connectivity index (χ3n) is 6.46. The number of aromatic amines is 1. The van der Waals surface area contributed by atoms with E-state index in [9.17, 15) is 14.7 Å². The lowest BCUT2D eigenvalue weighted by molar-refractivity contribution is -0.191. The van der Waals surface area contributed by atoms with Crippen LogP contribution in [0.2, 0.25) is 0 Å². The molecule has 192 valence electrons. The van der Waals surface area contributed by atoms with Gasteiger partial charge >= 0.3 is 6.15 Å². The number of methoxy groups -OCH3 is 1. The maximum atomic E-state index is 13.2. The van der Waals surface area contributed by atoms with Crippen molar-refractivity contribution in [2.24, 2.45) is 0 Å². The third-order valence-corrected chi connectivity index (χ3v) is 6.46. The summed E-state index contributed by atoms with van der Waals surface area (Å²) in [6, 6.07) is 16.1. The molecule has 1 aliphatic heterocycles. The van der Waals surface area contributed by atoms with Crippen molar-refractivity contribution in [1.82, 2.24) is 14.9 Å². The number of nitrogens with zero attached hydrogens (tertiary/aromatic N) is 2. The molecule has 1 amide bonds. The van der Waals surface area contributed by atoms with Crippen molar-refractivity contribution in [2.45, 2.75) is 19.4 Å². The van der Waals surface area contributed by atoms with Gasteiger partial charge in [0.05, 0.1) is 18.7 Å². The van der Waals surface area contributed by atoms with Crippen LogP contribution in [0.15, 0.2) is 78.8 Å². The maximum Gasteiger partial charge on any atom is 0.373 e. The molecule has 3 heterocycles. The van der Waals surface area contributed by atoms with E-state index in [1.54, 1.807) is 30.3 Å². The van der Waals surface area contributed by atoms with Crippen LogP contribution in [-0.2, 0) is 25.6 Å². The van der Waals surface area contributed by atoms with Gasteiger partial charge in [-0.2, -0.15) is 9.59 Å². The van der Waals surface area contributed by atoms with Crippen molar-refractivity contribution in [2.75, 3.05) is 13.7 Å². The Morgan fingerprint density at radius 1 is 1.13 bits per heavy atom. The number of nitrogens with one attached hydrogen (secondary N) is 1. The summed E-state index contributed by atoms with van der Waals surface area (Å²) < 4.78 is 5.36. The van der Waals surface area contributed by atoms with Crippen molar-refractivity contribution < 1.29 is 29.0 Å². The smallest absolute Gasteiger partial charge is 0.373 e. The Morgan fingerprint density at radius 3 is 2.53 bits per heavy atom. The fraction of sp³-hybridized carbons (Fsp3) is 0.172. The lowest BCUT2D eigenvalue weighted by atomic mass is 9.95. The van der Waals surface area contributed by atoms with Gasteiger partial charge in [-0.3, -0.25) is 14.6 Å². The molecule has 0 aliphatic carbocycles. The number of rotatable bonds is 6. The standard InChI is InChI=1S/C28H25N3O4.CO2/c1-17-5-7-18(8-6-17)25-24(26(32)20-4-3-12-29-15-20)27(33)28(34)31(25)13-11-19-16-30-23-10-9-21(35-2)14-22(19)23;2-1-3/h3-10,12,14-16,25,30,32H,11,13H2,1-2H3;. The quantitative estimate of drug-likeness (QED) is 0.228. The molecule has 0 radical (unpaired) electrons. The summed E-state index contributed by atoms with van der Waals surface area (Å²) in [7, 11) is 1.62. The van der Waals surface area contributed by atoms with Gasteiger partial charge in [0.25, 0.3) is 11.7 Å². The molecule has 9 heteroatoms. The van der Waals surface area contributed by atoms with E-state index in [1.807, 2.05) is 55.6 Å². The van der Waals surface area contributed by atoms with Crippen LogP contribution in [0.3, 0.4) is 0 Å². The summed E-state index contributed by atoms with van der Waals surface area (Å²) in [6.45, 7) is 2.28. The molecule has 9 nitrogen and oxygen atoms in total. The van der Waals surface area contributed by atoms with Crippen molar-refractivity contribution in [3.63, 3.8) is 0 Å². The fourth-order valence-electron chi connectivity index (χ4n) is 4.60. The molecule has 1 atom stereocenters. The van der Waals surface area contributed by atoms with Crippen LogP contribution in [0.5, 0.6) is 5.75 Å². The molecule has 0 saturated carbocycles. The molecular weight excluding hydrogens is 486 g/mol. The summed E-state index contributed by atoms with van der Waals surface area (Å²) in [6.07, 6.45) is 5.75. The Kier molecular flexibility index (Phi) is 7.80. The van der Waals surface area contributed by atoms with Crippen LogP contribution in [0.25, 0.3) is 16.7 Å². The number of pyridine rings is 1. The second kappa shape index (κ2) is 11.4. The van der Waals surface area contributed by atoms with E-state index in [1.165, 1.54) is 6.20 Å². The Labute approximate surface area is 218 Å². The van der Waals surface area contributed by atoms with Crippen LogP contribution in [0.4, 0.5) is 0 Å². The van der Waals surface area contributed by atoms with Crippen LogP contribution < -0.4 is 4.74 Å². The fourth-order valence-corrected chi connectivity index (χ4v) is 4.60. The molecule has 1 fully saturated rings. The number of likely N-dealkylation sites (tertiary alicyclic amines) is 1. The molecule has 4 aromatic rings. The van der Waals surface area contributed by atoms with Crippen molar-refractivity contribution >= 4 is 34.5 Å². The van der Waals surface area contributed by atoms with E-state index in [2.05, 4.69) is 9.97 Å². The molecular formula is C29H25N3O6. The molecule has 2 N–H and O–H groups in total. The highest BCUT2D eigenvalue weighted by Gasteiger charge is 2.45. The monoisotopic (exact) mass is 511 g/mol. The van der Waals surface area contributed by atoms with Gasteiger partial charge in [-0.05, 0) is 54.8 Å². The van der Waals surface area contributed by atoms with Gasteiger partial charge in [-0.15, -0.1) is 0 Å². The number of aryl methyl sites for hydroxylation is 1. The van der Waals surface area contributed by atoms with E-state index < -0.39 is 17.7 Å². The largest absolute Gasteiger partial charge is 0.507 e. The zero-order valence-corrected chi connectivity index (χ0v) is 20.8. The van der Waals surface area contributed by atoms with E-state index >= 15 is 0 Å². The summed E-state index contributed by atoms with van der Waals surface area (Å²) in [5, 5.41) is 12.1. The second-order valence-electron chi connectivity index (χ2n) is 8.70. The summed E-state index contributed by atoms with van der Waals surface area (Å²) in [5.74, 6) is -0.799. The molecule has 1 saturated heterocycles. The highest BCUT2D eigenvalue weighted by Crippen LogP contribution is 2.39. The summed E-state index contributed by atoms with van der Waals surface area (Å²) in [4.78, 5) is 51.5. The molecule has 38 heavy (non-hydrogen) atoms. The van der Waals surface area contributed by atoms with Gasteiger partial charge in [0.2, 0.25) is 0 Å². The van der Waals surface area contributed by atoms with Crippen LogP contribution in [-0.4, -0.2) is 51.5 Å². The molecule has 0 spiro atoms. The van der Waals surface area contributed by atoms with Crippen molar-refractivity contribution in [1.29, 1.82) is 0 Å². The zero-order valence-electron chi connectivity index (χ0n) is 20.8. The number of carbonyl (C=O) groups excluding carboxylic acids is 4. The molecule has 0 bridgehead atoms. The SMILES string of the molecule is COc1ccc2[nH]cc(CCN3C(=O)C(=O)C(=C(O)c4cccnc4)C3c3ccc(C)cc3)c2c1.O=C=O. The topological polar surface area (TPSA) is 130 Å². The average molecular weight is 512 g/mol. The predicted octanol–water partition coefficient (Wildman–Crippen LogP) is 3.96. The first kappa shape index (κ1) is 26.1. The van der Waals surface area contributed by atoms with E-state index in [-0.39, 0.29) is 17.5 Å². The Balaban J connectivity index is 0.00000107. The van der Waals surface area contributed by atoms with Gasteiger partial charge in [0.1, 0.15) is 11.5 Å². The van der Waals surface area contributed by atoms with Gasteiger partial charge in [0, 0.05) is 41.6 Å². The number of benzene rings is 2. The number of ether oxygens (including phenoxy) is 1. The van der Waals surface area contributed by atoms with E-state index in [0.29, 0.717) is 18.5 Å². The molecule has 1 unspecified atom stereocenters. The normalized spacial score (nSPS) is 16.2. The van der Waals surface area contributed by atoms with Crippen molar-refractivity contribution in [3.05, 3.63) is 101 Å². The number of hydrogen-bond acceptors (Lipinski definition) is 7. The van der Waals surface area contributed by atoms with E-state index in [0.717, 1.165) is 33.3 Å². The highest BCUT2D eigenvalue weighted by molar-refractivity contribution is 6.46. The number of fused-ring (bicyclic) bond motifs is 1. The molecule has 5 rings (SSSR count). The minimum atomic E-state index is -0.699. The average Bonchev–Trinajstić information content (AvgIpc) is 3.45. The summed E-state index contributed by atoms with van der Waals surface area (Å²) in [5.41, 5.74) is 4.27. The zero-order chi connectivity index (χ0) is 27.2. The van der Waals surface area contributed by atoms with Gasteiger partial charge in [0.15, 0.2) is 0 Å². The first-order chi connectivity index (χ1) is 18.4. The second-order valence-corrected chi connectivity index (χ2v) is 8.70. The number of Topliss-reactive ketones (excluding diaryl/α,β-unsaturated/α-hetero) is 1. The third kappa shape index (κ3) is 5.09.